The summed E-state index contributed by atoms with van der Waals surface area (Å²) in [5, 5.41) is 1.74. The molecule has 0 aromatic heterocycles. The lowest BCUT2D eigenvalue weighted by molar-refractivity contribution is -0.128. The van der Waals surface area contributed by atoms with E-state index in [9.17, 15) is 9.59 Å². The fourth-order valence-corrected chi connectivity index (χ4v) is 5.30. The Bertz CT molecular complexity index is 1190. The van der Waals surface area contributed by atoms with E-state index in [2.05, 4.69) is 0 Å². The number of imide groups is 1. The van der Waals surface area contributed by atoms with E-state index in [-0.39, 0.29) is 11.8 Å². The van der Waals surface area contributed by atoms with E-state index in [0.717, 1.165) is 27.9 Å². The highest BCUT2D eigenvalue weighted by Gasteiger charge is 2.68. The van der Waals surface area contributed by atoms with E-state index in [0.29, 0.717) is 5.69 Å². The summed E-state index contributed by atoms with van der Waals surface area (Å²) in [5.74, 6) is -0.540. The Morgan fingerprint density at radius 2 is 1.41 bits per heavy atom. The molecule has 0 bridgehead atoms. The molecule has 32 heavy (non-hydrogen) atoms. The lowest BCUT2D eigenvalue weighted by Gasteiger charge is -2.33. The summed E-state index contributed by atoms with van der Waals surface area (Å²) in [6.45, 7) is 7.76. The van der Waals surface area contributed by atoms with Crippen molar-refractivity contribution < 1.29 is 14.4 Å². The zero-order valence-corrected chi connectivity index (χ0v) is 18.7. The van der Waals surface area contributed by atoms with Crippen molar-refractivity contribution in [3.05, 3.63) is 95.1 Å². The van der Waals surface area contributed by atoms with Gasteiger partial charge in [-0.05, 0) is 56.5 Å². The van der Waals surface area contributed by atoms with Crippen LogP contribution < -0.4 is 9.96 Å². The number of hydrogen-bond acceptors (Lipinski definition) is 4. The van der Waals surface area contributed by atoms with Gasteiger partial charge in [0.2, 0.25) is 5.91 Å². The maximum absolute atomic E-state index is 14.1. The number of carbonyl (C=O) groups excluding carboxylic acids is 2. The van der Waals surface area contributed by atoms with E-state index in [1.54, 1.807) is 5.06 Å². The minimum absolute atomic E-state index is 0.227. The van der Waals surface area contributed by atoms with Crippen LogP contribution in [0, 0.1) is 26.2 Å². The highest BCUT2D eigenvalue weighted by atomic mass is 16.7. The van der Waals surface area contributed by atoms with Gasteiger partial charge in [0.25, 0.3) is 5.91 Å². The van der Waals surface area contributed by atoms with Gasteiger partial charge in [-0.15, -0.1) is 0 Å². The number of rotatable bonds is 3. The first-order chi connectivity index (χ1) is 15.3. The number of hydroxylamine groups is 1. The second-order valence-electron chi connectivity index (χ2n) is 8.97. The highest BCUT2D eigenvalue weighted by Crippen LogP contribution is 2.56. The minimum Gasteiger partial charge on any atom is -0.273 e. The molecule has 3 unspecified atom stereocenters. The normalized spacial score (nSPS) is 24.9. The number of aryl methyl sites for hydroxylation is 3. The molecule has 2 fully saturated rings. The molecule has 2 heterocycles. The second kappa shape index (κ2) is 7.31. The van der Waals surface area contributed by atoms with E-state index >= 15 is 0 Å². The van der Waals surface area contributed by atoms with Crippen LogP contribution in [0.15, 0.2) is 72.8 Å². The maximum Gasteiger partial charge on any atom is 0.266 e. The zero-order chi connectivity index (χ0) is 22.6. The van der Waals surface area contributed by atoms with E-state index < -0.39 is 17.6 Å². The molecule has 5 nitrogen and oxygen atoms in total. The molecule has 5 rings (SSSR count). The van der Waals surface area contributed by atoms with E-state index in [1.165, 1.54) is 4.90 Å². The van der Waals surface area contributed by atoms with Gasteiger partial charge >= 0.3 is 0 Å². The standard InChI is InChI=1S/C27H26N2O3/c1-17-15-18(2)22(19(3)16-17)28-25(30)24-27(4,26(28)31)23(20-11-7-5-8-12-20)29(32-24)21-13-9-6-10-14-21/h5-16,23-24H,1-4H3. The molecular weight excluding hydrogens is 400 g/mol. The van der Waals surface area contributed by atoms with Crippen LogP contribution in [-0.2, 0) is 14.4 Å². The minimum atomic E-state index is -1.07. The van der Waals surface area contributed by atoms with Gasteiger partial charge in [0.05, 0.1) is 17.4 Å². The molecule has 5 heteroatoms. The summed E-state index contributed by atoms with van der Waals surface area (Å²) in [7, 11) is 0. The third kappa shape index (κ3) is 2.81. The number of para-hydroxylation sites is 1. The van der Waals surface area contributed by atoms with Crippen molar-refractivity contribution in [3.8, 4) is 0 Å². The quantitative estimate of drug-likeness (QED) is 0.550. The lowest BCUT2D eigenvalue weighted by atomic mass is 9.76. The molecule has 2 saturated heterocycles. The SMILES string of the molecule is Cc1cc(C)c(N2C(=O)C3ON(c4ccccc4)C(c4ccccc4)C3(C)C2=O)c(C)c1. The largest absolute Gasteiger partial charge is 0.273 e. The smallest absolute Gasteiger partial charge is 0.266 e. The van der Waals surface area contributed by atoms with Crippen molar-refractivity contribution in [1.29, 1.82) is 0 Å². The van der Waals surface area contributed by atoms with Crippen LogP contribution in [0.1, 0.15) is 35.2 Å². The maximum atomic E-state index is 14.1. The molecule has 0 spiro atoms. The topological polar surface area (TPSA) is 49.9 Å². The predicted molar refractivity (Wildman–Crippen MR) is 124 cm³/mol. The summed E-state index contributed by atoms with van der Waals surface area (Å²) >= 11 is 0. The van der Waals surface area contributed by atoms with E-state index in [1.807, 2.05) is 100 Å². The van der Waals surface area contributed by atoms with Gasteiger partial charge in [-0.3, -0.25) is 14.4 Å². The number of benzene rings is 3. The van der Waals surface area contributed by atoms with Crippen LogP contribution >= 0.6 is 0 Å². The van der Waals surface area contributed by atoms with Crippen LogP contribution in [0.4, 0.5) is 11.4 Å². The van der Waals surface area contributed by atoms with Gasteiger partial charge in [0, 0.05) is 0 Å². The Balaban J connectivity index is 1.66. The molecule has 3 aromatic carbocycles. The summed E-state index contributed by atoms with van der Waals surface area (Å²) < 4.78 is 0. The molecule has 3 aromatic rings. The Morgan fingerprint density at radius 1 is 0.844 bits per heavy atom. The number of nitrogens with zero attached hydrogens (tertiary/aromatic N) is 2. The Kier molecular flexibility index (Phi) is 4.68. The first-order valence-corrected chi connectivity index (χ1v) is 10.9. The number of anilines is 2. The van der Waals surface area contributed by atoms with Crippen LogP contribution in [0.5, 0.6) is 0 Å². The monoisotopic (exact) mass is 426 g/mol. The van der Waals surface area contributed by atoms with Crippen molar-refractivity contribution in [2.75, 3.05) is 9.96 Å². The van der Waals surface area contributed by atoms with Crippen LogP contribution in [0.2, 0.25) is 0 Å². The molecule has 2 amide bonds. The fraction of sp³-hybridized carbons (Fsp3) is 0.259. The Morgan fingerprint density at radius 3 is 2.00 bits per heavy atom. The average Bonchev–Trinajstić information content (AvgIpc) is 3.19. The fourth-order valence-electron chi connectivity index (χ4n) is 5.30. The number of hydrogen-bond donors (Lipinski definition) is 0. The molecule has 2 aliphatic heterocycles. The molecule has 0 N–H and O–H groups in total. The molecule has 0 saturated carbocycles. The average molecular weight is 427 g/mol. The zero-order valence-electron chi connectivity index (χ0n) is 18.7. The molecular formula is C27H26N2O3. The van der Waals surface area contributed by atoms with Crippen molar-refractivity contribution in [2.45, 2.75) is 39.8 Å². The molecule has 162 valence electrons. The summed E-state index contributed by atoms with van der Waals surface area (Å²) in [6.07, 6.45) is -0.902. The first kappa shape index (κ1) is 20.5. The molecule has 0 aliphatic carbocycles. The van der Waals surface area contributed by atoms with Gasteiger partial charge in [0.1, 0.15) is 5.41 Å². The molecule has 0 radical (unpaired) electrons. The Hall–Kier alpha value is -3.44. The molecule has 2 aliphatic rings. The third-order valence-electron chi connectivity index (χ3n) is 6.66. The van der Waals surface area contributed by atoms with Crippen molar-refractivity contribution in [1.82, 2.24) is 0 Å². The predicted octanol–water partition coefficient (Wildman–Crippen LogP) is 5.05. The highest BCUT2D eigenvalue weighted by molar-refractivity contribution is 6.26. The Labute approximate surface area is 188 Å². The van der Waals surface area contributed by atoms with Gasteiger partial charge in [-0.1, -0.05) is 66.2 Å². The first-order valence-electron chi connectivity index (χ1n) is 10.9. The summed E-state index contributed by atoms with van der Waals surface area (Å²) in [5.41, 5.74) is 4.25. The number of carbonyl (C=O) groups is 2. The van der Waals surface area contributed by atoms with Gasteiger partial charge in [-0.2, -0.15) is 0 Å². The number of fused-ring (bicyclic) bond motifs is 1. The van der Waals surface area contributed by atoms with Crippen molar-refractivity contribution in [3.63, 3.8) is 0 Å². The third-order valence-corrected chi connectivity index (χ3v) is 6.66. The number of amides is 2. The second-order valence-corrected chi connectivity index (χ2v) is 8.97. The van der Waals surface area contributed by atoms with Crippen LogP contribution in [0.25, 0.3) is 0 Å². The van der Waals surface area contributed by atoms with Gasteiger partial charge in [0.15, 0.2) is 6.10 Å². The van der Waals surface area contributed by atoms with Crippen LogP contribution in [0.3, 0.4) is 0 Å². The van der Waals surface area contributed by atoms with Crippen molar-refractivity contribution >= 4 is 23.2 Å². The van der Waals surface area contributed by atoms with E-state index in [4.69, 9.17) is 4.84 Å². The lowest BCUT2D eigenvalue weighted by Crippen LogP contribution is -2.41. The van der Waals surface area contributed by atoms with Gasteiger partial charge < -0.3 is 0 Å². The summed E-state index contributed by atoms with van der Waals surface area (Å²) in [4.78, 5) is 35.4. The van der Waals surface area contributed by atoms with Gasteiger partial charge in [-0.25, -0.2) is 9.96 Å². The summed E-state index contributed by atoms with van der Waals surface area (Å²) in [6, 6.07) is 23.0. The van der Waals surface area contributed by atoms with Crippen LogP contribution in [-0.4, -0.2) is 17.9 Å². The molecule has 3 atom stereocenters. The van der Waals surface area contributed by atoms with Crippen molar-refractivity contribution in [2.24, 2.45) is 5.41 Å².